The third-order valence-electron chi connectivity index (χ3n) is 7.29. The molecule has 5 heteroatoms. The van der Waals surface area contributed by atoms with Gasteiger partial charge in [0, 0.05) is 58.4 Å². The zero-order valence-corrected chi connectivity index (χ0v) is 25.3. The second-order valence-electron chi connectivity index (χ2n) is 10.6. The van der Waals surface area contributed by atoms with Gasteiger partial charge in [0.1, 0.15) is 17.2 Å². The first-order valence-electron chi connectivity index (χ1n) is 12.6. The van der Waals surface area contributed by atoms with Gasteiger partial charge in [0.15, 0.2) is 0 Å². The van der Waals surface area contributed by atoms with Gasteiger partial charge >= 0.3 is 0 Å². The van der Waals surface area contributed by atoms with Crippen LogP contribution in [0.4, 0.5) is 0 Å². The Bertz CT molecular complexity index is 1430. The van der Waals surface area contributed by atoms with E-state index in [0.717, 1.165) is 66.8 Å². The summed E-state index contributed by atoms with van der Waals surface area (Å²) >= 11 is 0. The van der Waals surface area contributed by atoms with Crippen LogP contribution >= 0.6 is 0 Å². The van der Waals surface area contributed by atoms with Gasteiger partial charge in [0.05, 0.1) is 5.75 Å². The zero-order chi connectivity index (χ0) is 26.4. The van der Waals surface area contributed by atoms with E-state index in [2.05, 4.69) is 19.2 Å². The molecular formula is C33H33O4Y-. The molecule has 3 N–H and O–H groups in total. The predicted octanol–water partition coefficient (Wildman–Crippen LogP) is 6.88. The molecule has 0 fully saturated rings. The van der Waals surface area contributed by atoms with Crippen LogP contribution in [-0.2, 0) is 58.4 Å². The van der Waals surface area contributed by atoms with Gasteiger partial charge in [-0.3, -0.25) is 0 Å². The van der Waals surface area contributed by atoms with E-state index in [4.69, 9.17) is 4.74 Å². The number of hydrogen-bond donors (Lipinski definition) is 3. The molecule has 1 aliphatic carbocycles. The fourth-order valence-corrected chi connectivity index (χ4v) is 5.81. The number of rotatable bonds is 1. The average Bonchev–Trinajstić information content (AvgIpc) is 2.82. The molecule has 8 bridgehead atoms. The van der Waals surface area contributed by atoms with E-state index in [-0.39, 0.29) is 50.0 Å². The SMILES string of the molecule is [CH2-]Oc1c2cc(C)cc1Cc1cc(C)cc(c1O)Cc1cc(C)cc(c1O)Cc1cc(C)cc(c1O)C2.[Y]. The van der Waals surface area contributed by atoms with Crippen LogP contribution in [-0.4, -0.2) is 15.3 Å². The number of hydrogen-bond acceptors (Lipinski definition) is 4. The molecule has 0 saturated heterocycles. The van der Waals surface area contributed by atoms with E-state index in [1.54, 1.807) is 0 Å². The van der Waals surface area contributed by atoms with Crippen molar-refractivity contribution in [1.82, 2.24) is 0 Å². The third-order valence-corrected chi connectivity index (χ3v) is 7.29. The maximum absolute atomic E-state index is 11.3. The Morgan fingerprint density at radius 1 is 0.474 bits per heavy atom. The number of fused-ring (bicyclic) bond motifs is 8. The van der Waals surface area contributed by atoms with Gasteiger partial charge in [-0.15, -0.1) is 0 Å². The topological polar surface area (TPSA) is 69.9 Å². The standard InChI is InChI=1S/C33H33O4.Y/c1-18-6-22-14-24-8-19(2)10-26(31(24)35)16-28-12-21(4)13-29(33(28)37-5)17-27-11-20(3)9-25(32(27)36)15-23(7-18)30(22)34;/h6-13,34-36H,5,14-17H2,1-4H3;/q-1;. The van der Waals surface area contributed by atoms with Gasteiger partial charge in [-0.05, 0) is 72.2 Å². The first-order chi connectivity index (χ1) is 17.6. The van der Waals surface area contributed by atoms with E-state index < -0.39 is 0 Å². The fraction of sp³-hybridized carbons (Fsp3) is 0.242. The molecule has 4 nitrogen and oxygen atoms in total. The van der Waals surface area contributed by atoms with E-state index in [0.29, 0.717) is 31.4 Å². The van der Waals surface area contributed by atoms with Crippen molar-refractivity contribution >= 4 is 0 Å². The van der Waals surface area contributed by atoms with Crippen LogP contribution in [0.1, 0.15) is 66.8 Å². The van der Waals surface area contributed by atoms with Crippen molar-refractivity contribution in [3.63, 3.8) is 0 Å². The number of ether oxygens (including phenoxy) is 1. The Morgan fingerprint density at radius 3 is 0.921 bits per heavy atom. The van der Waals surface area contributed by atoms with E-state index in [1.807, 2.05) is 64.1 Å². The van der Waals surface area contributed by atoms with Crippen LogP contribution in [0.2, 0.25) is 0 Å². The molecule has 0 aliphatic heterocycles. The zero-order valence-electron chi connectivity index (χ0n) is 22.5. The van der Waals surface area contributed by atoms with Crippen molar-refractivity contribution in [1.29, 1.82) is 0 Å². The summed E-state index contributed by atoms with van der Waals surface area (Å²) in [6.45, 7) is 8.08. The van der Waals surface area contributed by atoms with Crippen LogP contribution in [0.5, 0.6) is 23.0 Å². The summed E-state index contributed by atoms with van der Waals surface area (Å²) in [7, 11) is 3.74. The molecular weight excluding hydrogens is 549 g/mol. The van der Waals surface area contributed by atoms with Crippen LogP contribution < -0.4 is 4.74 Å². The second-order valence-corrected chi connectivity index (χ2v) is 10.6. The summed E-state index contributed by atoms with van der Waals surface area (Å²) in [5.74, 6) is 1.34. The van der Waals surface area contributed by atoms with Crippen LogP contribution in [0.25, 0.3) is 0 Å². The smallest absolute Gasteiger partial charge is 0.122 e. The Balaban J connectivity index is 0.00000336. The molecule has 193 valence electrons. The van der Waals surface area contributed by atoms with Crippen molar-refractivity contribution in [3.05, 3.63) is 122 Å². The summed E-state index contributed by atoms with van der Waals surface area (Å²) in [5.41, 5.74) is 10.6. The van der Waals surface area contributed by atoms with Gasteiger partial charge in [-0.2, -0.15) is 7.11 Å². The summed E-state index contributed by atoms with van der Waals surface area (Å²) in [6, 6.07) is 16.0. The van der Waals surface area contributed by atoms with Crippen molar-refractivity contribution in [2.75, 3.05) is 0 Å². The minimum absolute atomic E-state index is 0. The molecule has 0 atom stereocenters. The van der Waals surface area contributed by atoms with E-state index in [9.17, 15) is 15.3 Å². The molecule has 38 heavy (non-hydrogen) atoms. The molecule has 4 aromatic carbocycles. The number of aromatic hydroxyl groups is 3. The molecule has 4 aromatic rings. The first kappa shape index (κ1) is 28.2. The fourth-order valence-electron chi connectivity index (χ4n) is 5.81. The molecule has 1 radical (unpaired) electrons. The molecule has 0 unspecified atom stereocenters. The number of benzene rings is 4. The Hall–Kier alpha value is -2.82. The van der Waals surface area contributed by atoms with Gasteiger partial charge < -0.3 is 20.1 Å². The predicted molar refractivity (Wildman–Crippen MR) is 147 cm³/mol. The molecule has 0 aromatic heterocycles. The first-order valence-corrected chi connectivity index (χ1v) is 12.6. The molecule has 0 heterocycles. The molecule has 0 spiro atoms. The summed E-state index contributed by atoms with van der Waals surface area (Å²) in [4.78, 5) is 0. The van der Waals surface area contributed by atoms with Gasteiger partial charge in [-0.1, -0.05) is 70.8 Å². The van der Waals surface area contributed by atoms with Gasteiger partial charge in [0.2, 0.25) is 0 Å². The minimum Gasteiger partial charge on any atom is -0.665 e. The second kappa shape index (κ2) is 11.1. The molecule has 1 aliphatic rings. The molecule has 5 rings (SSSR count). The van der Waals surface area contributed by atoms with Crippen LogP contribution in [0, 0.1) is 34.8 Å². The summed E-state index contributed by atoms with van der Waals surface area (Å²) < 4.78 is 5.68. The number of phenols is 3. The van der Waals surface area contributed by atoms with E-state index >= 15 is 0 Å². The van der Waals surface area contributed by atoms with Crippen molar-refractivity contribution < 1.29 is 52.8 Å². The molecule has 0 amide bonds. The quantitative estimate of drug-likeness (QED) is 0.189. The van der Waals surface area contributed by atoms with Gasteiger partial charge in [0.25, 0.3) is 0 Å². The Kier molecular flexibility index (Phi) is 8.25. The van der Waals surface area contributed by atoms with Crippen molar-refractivity contribution in [2.24, 2.45) is 0 Å². The summed E-state index contributed by atoms with van der Waals surface area (Å²) in [6.07, 6.45) is 1.72. The molecule has 0 saturated carbocycles. The van der Waals surface area contributed by atoms with Crippen molar-refractivity contribution in [3.8, 4) is 23.0 Å². The Labute approximate surface area is 250 Å². The Morgan fingerprint density at radius 2 is 0.684 bits per heavy atom. The van der Waals surface area contributed by atoms with Crippen LogP contribution in [0.3, 0.4) is 0 Å². The number of phenolic OH excluding ortho intramolecular Hbond substituents is 3. The maximum atomic E-state index is 11.3. The third kappa shape index (κ3) is 5.48. The monoisotopic (exact) mass is 582 g/mol. The van der Waals surface area contributed by atoms with Crippen molar-refractivity contribution in [2.45, 2.75) is 53.4 Å². The maximum Gasteiger partial charge on any atom is 0.122 e. The summed E-state index contributed by atoms with van der Waals surface area (Å²) in [5, 5.41) is 34.0. The normalized spacial score (nSPS) is 12.6. The van der Waals surface area contributed by atoms with E-state index in [1.165, 1.54) is 0 Å². The van der Waals surface area contributed by atoms with Gasteiger partial charge in [-0.25, -0.2) is 0 Å². The van der Waals surface area contributed by atoms with Crippen LogP contribution in [0.15, 0.2) is 48.5 Å². The number of aryl methyl sites for hydroxylation is 4. The minimum atomic E-state index is 0. The largest absolute Gasteiger partial charge is 0.665 e. The average molecular weight is 583 g/mol.